The van der Waals surface area contributed by atoms with Crippen molar-refractivity contribution in [1.82, 2.24) is 9.80 Å². The van der Waals surface area contributed by atoms with Gasteiger partial charge in [-0.2, -0.15) is 0 Å². The predicted molar refractivity (Wildman–Crippen MR) is 106 cm³/mol. The molecule has 1 fully saturated rings. The third-order valence-electron chi connectivity index (χ3n) is 5.30. The Morgan fingerprint density at radius 3 is 2.64 bits per heavy atom. The van der Waals surface area contributed by atoms with Crippen molar-refractivity contribution >= 4 is 11.6 Å². The van der Waals surface area contributed by atoms with Crippen LogP contribution in [0.2, 0.25) is 0 Å². The summed E-state index contributed by atoms with van der Waals surface area (Å²) >= 11 is 6.25. The molecule has 25 heavy (non-hydrogen) atoms. The summed E-state index contributed by atoms with van der Waals surface area (Å²) < 4.78 is 0. The standard InChI is InChI=1S/C21H28ClN3/c1-16(24(2)21-14-19(22)8-9-20(21)23)15-25-12-10-18(11-13-25)17-6-4-3-5-7-17/h3-7,9,14,18-19H,1,8,10-13,15,23H2,2H3. The topological polar surface area (TPSA) is 32.5 Å². The van der Waals surface area contributed by atoms with Gasteiger partial charge in [0.1, 0.15) is 0 Å². The first-order valence-electron chi connectivity index (χ1n) is 9.05. The van der Waals surface area contributed by atoms with E-state index in [1.807, 2.05) is 19.2 Å². The molecule has 1 saturated heterocycles. The Hall–Kier alpha value is -1.71. The fourth-order valence-electron chi connectivity index (χ4n) is 3.67. The first kappa shape index (κ1) is 18.1. The van der Waals surface area contributed by atoms with Gasteiger partial charge in [0.15, 0.2) is 0 Å². The molecule has 0 amide bonds. The lowest BCUT2D eigenvalue weighted by atomic mass is 9.89. The second-order valence-corrected chi connectivity index (χ2v) is 7.61. The van der Waals surface area contributed by atoms with E-state index < -0.39 is 0 Å². The maximum absolute atomic E-state index is 6.25. The van der Waals surface area contributed by atoms with Crippen LogP contribution in [0.5, 0.6) is 0 Å². The maximum Gasteiger partial charge on any atom is 0.0610 e. The first-order valence-corrected chi connectivity index (χ1v) is 9.49. The number of nitrogens with zero attached hydrogens (tertiary/aromatic N) is 2. The van der Waals surface area contributed by atoms with E-state index in [1.54, 1.807) is 0 Å². The minimum atomic E-state index is 0.0131. The molecule has 4 heteroatoms. The Kier molecular flexibility index (Phi) is 5.87. The van der Waals surface area contributed by atoms with Crippen LogP contribution in [0, 0.1) is 0 Å². The number of likely N-dealkylation sites (tertiary alicyclic amines) is 1. The number of nitrogens with two attached hydrogens (primary N) is 1. The van der Waals surface area contributed by atoms with E-state index in [0.29, 0.717) is 5.92 Å². The molecular weight excluding hydrogens is 330 g/mol. The predicted octanol–water partition coefficient (Wildman–Crippen LogP) is 4.05. The quantitative estimate of drug-likeness (QED) is 0.807. The summed E-state index contributed by atoms with van der Waals surface area (Å²) in [6.45, 7) is 7.36. The summed E-state index contributed by atoms with van der Waals surface area (Å²) in [5.74, 6) is 0.681. The summed E-state index contributed by atoms with van der Waals surface area (Å²) in [4.78, 5) is 4.57. The largest absolute Gasteiger partial charge is 0.397 e. The molecule has 0 bridgehead atoms. The van der Waals surface area contributed by atoms with Crippen molar-refractivity contribution in [2.75, 3.05) is 26.7 Å². The summed E-state index contributed by atoms with van der Waals surface area (Å²) in [7, 11) is 2.03. The Bertz CT molecular complexity index is 657. The third kappa shape index (κ3) is 4.47. The molecule has 0 aromatic heterocycles. The molecule has 3 nitrogen and oxygen atoms in total. The van der Waals surface area contributed by atoms with Gasteiger partial charge in [0, 0.05) is 19.3 Å². The number of hydrogen-bond acceptors (Lipinski definition) is 3. The van der Waals surface area contributed by atoms with Crippen molar-refractivity contribution in [2.24, 2.45) is 5.73 Å². The van der Waals surface area contributed by atoms with Crippen LogP contribution < -0.4 is 5.73 Å². The molecule has 1 atom stereocenters. The van der Waals surface area contributed by atoms with Gasteiger partial charge < -0.3 is 10.6 Å². The van der Waals surface area contributed by atoms with Crippen LogP contribution in [0.15, 0.2) is 66.2 Å². The Labute approximate surface area is 156 Å². The molecule has 0 radical (unpaired) electrons. The lowest BCUT2D eigenvalue weighted by Gasteiger charge is -2.35. The number of alkyl halides is 1. The van der Waals surface area contributed by atoms with E-state index in [1.165, 1.54) is 18.4 Å². The molecule has 1 unspecified atom stereocenters. The van der Waals surface area contributed by atoms with Crippen molar-refractivity contribution in [3.8, 4) is 0 Å². The van der Waals surface area contributed by atoms with Crippen molar-refractivity contribution < 1.29 is 0 Å². The number of rotatable bonds is 5. The molecule has 3 rings (SSSR count). The van der Waals surface area contributed by atoms with Gasteiger partial charge in [-0.1, -0.05) is 43.0 Å². The SMILES string of the molecule is C=C(CN1CCC(c2ccccc2)CC1)N(C)C1=CC(Cl)CC=C1N. The van der Waals surface area contributed by atoms with Crippen molar-refractivity contribution in [2.45, 2.75) is 30.6 Å². The summed E-state index contributed by atoms with van der Waals surface area (Å²) in [6.07, 6.45) is 7.24. The maximum atomic E-state index is 6.25. The highest BCUT2D eigenvalue weighted by Gasteiger charge is 2.23. The molecule has 2 N–H and O–H groups in total. The number of likely N-dealkylation sites (N-methyl/N-ethyl adjacent to an activating group) is 1. The Morgan fingerprint density at radius 1 is 1.28 bits per heavy atom. The molecule has 134 valence electrons. The molecule has 0 spiro atoms. The zero-order valence-corrected chi connectivity index (χ0v) is 15.8. The molecule has 1 heterocycles. The van der Waals surface area contributed by atoms with Crippen LogP contribution in [0.25, 0.3) is 0 Å². The van der Waals surface area contributed by atoms with Gasteiger partial charge in [0.2, 0.25) is 0 Å². The van der Waals surface area contributed by atoms with Gasteiger partial charge in [-0.3, -0.25) is 4.90 Å². The van der Waals surface area contributed by atoms with E-state index in [0.717, 1.165) is 43.1 Å². The molecular formula is C21H28ClN3. The Morgan fingerprint density at radius 2 is 1.96 bits per heavy atom. The molecule has 0 saturated carbocycles. The van der Waals surface area contributed by atoms with E-state index in [9.17, 15) is 0 Å². The summed E-state index contributed by atoms with van der Waals surface area (Å²) in [5.41, 5.74) is 10.4. The van der Waals surface area contributed by atoms with Crippen LogP contribution in [-0.4, -0.2) is 41.9 Å². The smallest absolute Gasteiger partial charge is 0.0610 e. The molecule has 2 aliphatic rings. The number of benzene rings is 1. The third-order valence-corrected chi connectivity index (χ3v) is 5.60. The number of piperidine rings is 1. The highest BCUT2D eigenvalue weighted by molar-refractivity contribution is 6.22. The van der Waals surface area contributed by atoms with Crippen molar-refractivity contribution in [3.05, 3.63) is 71.7 Å². The lowest BCUT2D eigenvalue weighted by Crippen LogP contribution is -2.37. The first-order chi connectivity index (χ1) is 12.0. The highest BCUT2D eigenvalue weighted by Crippen LogP contribution is 2.29. The van der Waals surface area contributed by atoms with Crippen LogP contribution in [0.4, 0.5) is 0 Å². The lowest BCUT2D eigenvalue weighted by molar-refractivity contribution is 0.216. The van der Waals surface area contributed by atoms with Gasteiger partial charge in [-0.25, -0.2) is 0 Å². The van der Waals surface area contributed by atoms with Gasteiger partial charge in [-0.05, 0) is 49.9 Å². The van der Waals surface area contributed by atoms with Gasteiger partial charge >= 0.3 is 0 Å². The van der Waals surface area contributed by atoms with Crippen LogP contribution >= 0.6 is 11.6 Å². The van der Waals surface area contributed by atoms with Crippen molar-refractivity contribution in [3.63, 3.8) is 0 Å². The average Bonchev–Trinajstić information content (AvgIpc) is 2.64. The van der Waals surface area contributed by atoms with Crippen LogP contribution in [-0.2, 0) is 0 Å². The minimum Gasteiger partial charge on any atom is -0.397 e. The number of halogens is 1. The minimum absolute atomic E-state index is 0.0131. The molecule has 1 aliphatic heterocycles. The van der Waals surface area contributed by atoms with Crippen LogP contribution in [0.1, 0.15) is 30.7 Å². The molecule has 1 aliphatic carbocycles. The van der Waals surface area contributed by atoms with E-state index >= 15 is 0 Å². The highest BCUT2D eigenvalue weighted by atomic mass is 35.5. The summed E-state index contributed by atoms with van der Waals surface area (Å²) in [6, 6.07) is 10.9. The van der Waals surface area contributed by atoms with Crippen molar-refractivity contribution in [1.29, 1.82) is 0 Å². The van der Waals surface area contributed by atoms with Gasteiger partial charge in [0.05, 0.1) is 16.8 Å². The van der Waals surface area contributed by atoms with Gasteiger partial charge in [-0.15, -0.1) is 11.6 Å². The zero-order valence-electron chi connectivity index (χ0n) is 15.0. The number of allylic oxidation sites excluding steroid dienone is 2. The second kappa shape index (κ2) is 8.11. The fourth-order valence-corrected chi connectivity index (χ4v) is 3.88. The Balaban J connectivity index is 1.53. The second-order valence-electron chi connectivity index (χ2n) is 7.05. The van der Waals surface area contributed by atoms with E-state index in [-0.39, 0.29) is 5.38 Å². The fraction of sp³-hybridized carbons (Fsp3) is 0.429. The molecule has 1 aromatic carbocycles. The van der Waals surface area contributed by atoms with Gasteiger partial charge in [0.25, 0.3) is 0 Å². The molecule has 1 aromatic rings. The average molecular weight is 358 g/mol. The number of hydrogen-bond donors (Lipinski definition) is 1. The zero-order chi connectivity index (χ0) is 17.8. The van der Waals surface area contributed by atoms with E-state index in [4.69, 9.17) is 17.3 Å². The summed E-state index contributed by atoms with van der Waals surface area (Å²) in [5, 5.41) is 0.0131. The van der Waals surface area contributed by atoms with Crippen LogP contribution in [0.3, 0.4) is 0 Å². The normalized spacial score (nSPS) is 22.2. The monoisotopic (exact) mass is 357 g/mol. The van der Waals surface area contributed by atoms with E-state index in [2.05, 4.69) is 46.7 Å².